The Morgan fingerprint density at radius 1 is 1.13 bits per heavy atom. The van der Waals surface area contributed by atoms with Crippen molar-refractivity contribution in [3.8, 4) is 22.8 Å². The van der Waals surface area contributed by atoms with Gasteiger partial charge >= 0.3 is 0 Å². The molecule has 3 aromatic rings. The lowest BCUT2D eigenvalue weighted by atomic mass is 10.1. The van der Waals surface area contributed by atoms with Crippen molar-refractivity contribution >= 4 is 5.91 Å². The van der Waals surface area contributed by atoms with Gasteiger partial charge in [0.15, 0.2) is 5.75 Å². The zero-order chi connectivity index (χ0) is 22.7. The molecule has 1 N–H and O–H groups in total. The first-order valence-corrected chi connectivity index (χ1v) is 9.85. The lowest BCUT2D eigenvalue weighted by Gasteiger charge is -2.17. The van der Waals surface area contributed by atoms with Crippen LogP contribution in [0.5, 0.6) is 11.5 Å². The van der Waals surface area contributed by atoms with Crippen LogP contribution in [0.4, 0.5) is 0 Å². The lowest BCUT2D eigenvalue weighted by molar-refractivity contribution is -0.124. The second kappa shape index (κ2) is 9.03. The number of carbonyl (C=O) groups excluding carboxylic acids is 1. The van der Waals surface area contributed by atoms with Crippen LogP contribution < -0.4 is 20.3 Å². The molecular weight excluding hydrogens is 398 g/mol. The number of benzene rings is 1. The standard InChI is InChI=1S/C22H27N5O4/c1-13-18(14(2)26(4)24-13)12-23-22(29)15(3)27-20(28)11-19(31-6)21(25-27)16-7-9-17(30-5)10-8-16/h7-11,15H,12H2,1-6H3,(H,23,29). The molecule has 0 bridgehead atoms. The van der Waals surface area contributed by atoms with Gasteiger partial charge in [0.05, 0.1) is 19.9 Å². The highest BCUT2D eigenvalue weighted by atomic mass is 16.5. The minimum absolute atomic E-state index is 0.317. The molecule has 1 aromatic carbocycles. The molecule has 1 amide bonds. The summed E-state index contributed by atoms with van der Waals surface area (Å²) in [4.78, 5) is 25.4. The summed E-state index contributed by atoms with van der Waals surface area (Å²) in [6, 6.07) is 7.74. The fourth-order valence-electron chi connectivity index (χ4n) is 3.34. The highest BCUT2D eigenvalue weighted by Crippen LogP contribution is 2.28. The predicted molar refractivity (Wildman–Crippen MR) is 116 cm³/mol. The summed E-state index contributed by atoms with van der Waals surface area (Å²) in [5.41, 5.74) is 3.56. The molecule has 0 aliphatic carbocycles. The summed E-state index contributed by atoms with van der Waals surface area (Å²) in [7, 11) is 4.92. The molecule has 164 valence electrons. The van der Waals surface area contributed by atoms with Gasteiger partial charge < -0.3 is 14.8 Å². The van der Waals surface area contributed by atoms with Gasteiger partial charge in [0, 0.05) is 36.5 Å². The third-order valence-electron chi connectivity index (χ3n) is 5.35. The van der Waals surface area contributed by atoms with Gasteiger partial charge in [-0.15, -0.1) is 0 Å². The van der Waals surface area contributed by atoms with Gasteiger partial charge in [-0.25, -0.2) is 4.68 Å². The number of hydrogen-bond acceptors (Lipinski definition) is 6. The van der Waals surface area contributed by atoms with Gasteiger partial charge in [-0.2, -0.15) is 10.2 Å². The van der Waals surface area contributed by atoms with Crippen molar-refractivity contribution in [2.24, 2.45) is 7.05 Å². The van der Waals surface area contributed by atoms with Gasteiger partial charge in [0.1, 0.15) is 17.5 Å². The van der Waals surface area contributed by atoms with Gasteiger partial charge in [-0.05, 0) is 45.0 Å². The van der Waals surface area contributed by atoms with Crippen LogP contribution in [0.25, 0.3) is 11.3 Å². The van der Waals surface area contributed by atoms with E-state index in [1.165, 1.54) is 17.9 Å². The van der Waals surface area contributed by atoms with Gasteiger partial charge in [-0.1, -0.05) is 0 Å². The van der Waals surface area contributed by atoms with E-state index >= 15 is 0 Å². The fraction of sp³-hybridized carbons (Fsp3) is 0.364. The number of hydrogen-bond donors (Lipinski definition) is 1. The Morgan fingerprint density at radius 2 is 1.81 bits per heavy atom. The Balaban J connectivity index is 1.88. The second-order valence-corrected chi connectivity index (χ2v) is 7.24. The Morgan fingerprint density at radius 3 is 2.35 bits per heavy atom. The van der Waals surface area contributed by atoms with Crippen molar-refractivity contribution in [3.05, 3.63) is 57.6 Å². The van der Waals surface area contributed by atoms with Crippen molar-refractivity contribution in [2.75, 3.05) is 14.2 Å². The fourth-order valence-corrected chi connectivity index (χ4v) is 3.34. The van der Waals surface area contributed by atoms with E-state index in [-0.39, 0.29) is 5.91 Å². The van der Waals surface area contributed by atoms with Gasteiger partial charge in [0.25, 0.3) is 5.56 Å². The first-order chi connectivity index (χ1) is 14.8. The maximum atomic E-state index is 12.8. The van der Waals surface area contributed by atoms with E-state index in [1.807, 2.05) is 33.0 Å². The molecule has 3 rings (SSSR count). The van der Waals surface area contributed by atoms with Crippen LogP contribution in [0.1, 0.15) is 29.9 Å². The molecule has 0 saturated carbocycles. The summed E-state index contributed by atoms with van der Waals surface area (Å²) < 4.78 is 13.5. The molecule has 0 spiro atoms. The molecule has 2 aromatic heterocycles. The Hall–Kier alpha value is -3.62. The first kappa shape index (κ1) is 22.1. The van der Waals surface area contributed by atoms with E-state index in [1.54, 1.807) is 30.8 Å². The number of nitrogens with one attached hydrogen (secondary N) is 1. The van der Waals surface area contributed by atoms with E-state index in [4.69, 9.17) is 9.47 Å². The summed E-state index contributed by atoms with van der Waals surface area (Å²) in [6.45, 7) is 5.80. The molecule has 9 nitrogen and oxygen atoms in total. The van der Waals surface area contributed by atoms with E-state index in [2.05, 4.69) is 15.5 Å². The minimum atomic E-state index is -0.812. The predicted octanol–water partition coefficient (Wildman–Crippen LogP) is 2.16. The third kappa shape index (κ3) is 4.45. The quantitative estimate of drug-likeness (QED) is 0.623. The molecule has 0 radical (unpaired) electrons. The molecule has 0 aliphatic heterocycles. The molecule has 0 fully saturated rings. The van der Waals surface area contributed by atoms with Crippen molar-refractivity contribution < 1.29 is 14.3 Å². The van der Waals surface area contributed by atoms with Crippen molar-refractivity contribution in [1.82, 2.24) is 24.9 Å². The smallest absolute Gasteiger partial charge is 0.271 e. The van der Waals surface area contributed by atoms with Crippen LogP contribution in [0.3, 0.4) is 0 Å². The average molecular weight is 425 g/mol. The topological polar surface area (TPSA) is 100 Å². The van der Waals surface area contributed by atoms with Crippen LogP contribution in [0, 0.1) is 13.8 Å². The van der Waals surface area contributed by atoms with Crippen molar-refractivity contribution in [2.45, 2.75) is 33.4 Å². The van der Waals surface area contributed by atoms with E-state index in [0.717, 1.165) is 22.5 Å². The molecule has 2 heterocycles. The summed E-state index contributed by atoms with van der Waals surface area (Å²) >= 11 is 0. The summed E-state index contributed by atoms with van der Waals surface area (Å²) in [5, 5.41) is 11.7. The second-order valence-electron chi connectivity index (χ2n) is 7.24. The zero-order valence-corrected chi connectivity index (χ0v) is 18.6. The molecule has 9 heteroatoms. The summed E-state index contributed by atoms with van der Waals surface area (Å²) in [5.74, 6) is 0.716. The summed E-state index contributed by atoms with van der Waals surface area (Å²) in [6.07, 6.45) is 0. The first-order valence-electron chi connectivity index (χ1n) is 9.85. The van der Waals surface area contributed by atoms with E-state index < -0.39 is 11.6 Å². The van der Waals surface area contributed by atoms with Crippen LogP contribution in [0.15, 0.2) is 35.1 Å². The zero-order valence-electron chi connectivity index (χ0n) is 18.6. The number of ether oxygens (including phenoxy) is 2. The average Bonchev–Trinajstić information content (AvgIpc) is 3.02. The van der Waals surface area contributed by atoms with Crippen LogP contribution in [-0.2, 0) is 18.4 Å². The Labute approximate surface area is 180 Å². The number of aryl methyl sites for hydroxylation is 2. The van der Waals surface area contributed by atoms with Crippen LogP contribution >= 0.6 is 0 Å². The van der Waals surface area contributed by atoms with Crippen LogP contribution in [0.2, 0.25) is 0 Å². The number of methoxy groups -OCH3 is 2. The van der Waals surface area contributed by atoms with Crippen LogP contribution in [-0.4, -0.2) is 39.7 Å². The molecule has 0 saturated heterocycles. The van der Waals surface area contributed by atoms with E-state index in [0.29, 0.717) is 23.7 Å². The number of rotatable bonds is 7. The van der Waals surface area contributed by atoms with E-state index in [9.17, 15) is 9.59 Å². The number of amides is 1. The molecule has 1 unspecified atom stereocenters. The highest BCUT2D eigenvalue weighted by molar-refractivity contribution is 5.80. The molecule has 31 heavy (non-hydrogen) atoms. The maximum absolute atomic E-state index is 12.8. The maximum Gasteiger partial charge on any atom is 0.271 e. The van der Waals surface area contributed by atoms with Crippen molar-refractivity contribution in [1.29, 1.82) is 0 Å². The normalized spacial score (nSPS) is 11.8. The number of aromatic nitrogens is 4. The number of nitrogens with zero attached hydrogens (tertiary/aromatic N) is 4. The van der Waals surface area contributed by atoms with Gasteiger partial charge in [0.2, 0.25) is 5.91 Å². The monoisotopic (exact) mass is 425 g/mol. The highest BCUT2D eigenvalue weighted by Gasteiger charge is 2.21. The molecule has 1 atom stereocenters. The van der Waals surface area contributed by atoms with Gasteiger partial charge in [-0.3, -0.25) is 14.3 Å². The molecular formula is C22H27N5O4. The molecule has 0 aliphatic rings. The third-order valence-corrected chi connectivity index (χ3v) is 5.35. The number of carbonyl (C=O) groups is 1. The minimum Gasteiger partial charge on any atom is -0.497 e. The largest absolute Gasteiger partial charge is 0.497 e. The van der Waals surface area contributed by atoms with Crippen molar-refractivity contribution in [3.63, 3.8) is 0 Å². The Kier molecular flexibility index (Phi) is 6.43. The Bertz CT molecular complexity index is 1150. The SMILES string of the molecule is COc1ccc(-c2nn(C(C)C(=O)NCc3c(C)nn(C)c3C)c(=O)cc2OC)cc1. The lowest BCUT2D eigenvalue weighted by Crippen LogP contribution is -2.37.